The average Bonchev–Trinajstić information content (AvgIpc) is 2.33. The minimum absolute atomic E-state index is 0.0140. The number of methoxy groups -OCH3 is 1. The molecule has 0 saturated heterocycles. The van der Waals surface area contributed by atoms with Crippen molar-refractivity contribution in [2.45, 2.75) is 19.5 Å². The molecule has 0 radical (unpaired) electrons. The molecule has 0 aliphatic carbocycles. The maximum atomic E-state index is 13.3. The molecular formula is C12H16ClFN2O2. The van der Waals surface area contributed by atoms with Gasteiger partial charge in [0.05, 0.1) is 12.1 Å². The summed E-state index contributed by atoms with van der Waals surface area (Å²) in [7, 11) is 3.05. The predicted octanol–water partition coefficient (Wildman–Crippen LogP) is 2.05. The van der Waals surface area contributed by atoms with E-state index in [0.717, 1.165) is 0 Å². The second-order valence-electron chi connectivity index (χ2n) is 4.08. The van der Waals surface area contributed by atoms with Crippen LogP contribution in [0.25, 0.3) is 0 Å². The highest BCUT2D eigenvalue weighted by Crippen LogP contribution is 2.23. The molecule has 100 valence electrons. The average molecular weight is 275 g/mol. The third-order valence-electron chi connectivity index (χ3n) is 2.81. The first kappa shape index (κ1) is 14.7. The van der Waals surface area contributed by atoms with Gasteiger partial charge in [-0.1, -0.05) is 11.6 Å². The van der Waals surface area contributed by atoms with Crippen molar-refractivity contribution in [3.8, 4) is 0 Å². The Bertz CT molecular complexity index is 454. The quantitative estimate of drug-likeness (QED) is 0.674. The maximum absolute atomic E-state index is 13.3. The number of hydrogen-bond donors (Lipinski definition) is 1. The number of anilines is 1. The molecule has 0 aliphatic rings. The topological polar surface area (TPSA) is 55.6 Å². The summed E-state index contributed by atoms with van der Waals surface area (Å²) in [5.41, 5.74) is 6.73. The second kappa shape index (κ2) is 6.02. The van der Waals surface area contributed by atoms with Crippen molar-refractivity contribution in [1.82, 2.24) is 4.90 Å². The van der Waals surface area contributed by atoms with E-state index in [1.807, 2.05) is 0 Å². The van der Waals surface area contributed by atoms with E-state index < -0.39 is 11.9 Å². The highest BCUT2D eigenvalue weighted by Gasteiger charge is 2.19. The van der Waals surface area contributed by atoms with Gasteiger partial charge in [-0.2, -0.15) is 0 Å². The van der Waals surface area contributed by atoms with Crippen molar-refractivity contribution >= 4 is 23.3 Å². The van der Waals surface area contributed by atoms with Gasteiger partial charge < -0.3 is 10.5 Å². The van der Waals surface area contributed by atoms with Crippen LogP contribution in [0.4, 0.5) is 10.1 Å². The smallest absolute Gasteiger partial charge is 0.322 e. The number of ether oxygens (including phenoxy) is 1. The lowest BCUT2D eigenvalue weighted by molar-refractivity contribution is -0.145. The van der Waals surface area contributed by atoms with E-state index in [-0.39, 0.29) is 11.0 Å². The van der Waals surface area contributed by atoms with Gasteiger partial charge in [-0.3, -0.25) is 9.69 Å². The van der Waals surface area contributed by atoms with Crippen molar-refractivity contribution in [3.63, 3.8) is 0 Å². The minimum atomic E-state index is -0.528. The van der Waals surface area contributed by atoms with Crippen LogP contribution in [0.5, 0.6) is 0 Å². The number of nitrogen functional groups attached to an aromatic ring is 1. The van der Waals surface area contributed by atoms with E-state index in [1.54, 1.807) is 18.9 Å². The lowest BCUT2D eigenvalue weighted by Gasteiger charge is -2.23. The number of carbonyl (C=O) groups is 1. The number of nitrogens with two attached hydrogens (primary N) is 1. The van der Waals surface area contributed by atoms with Gasteiger partial charge in [-0.05, 0) is 31.7 Å². The number of likely N-dealkylation sites (N-methyl/N-ethyl adjacent to an activating group) is 1. The van der Waals surface area contributed by atoms with Crippen LogP contribution in [0.3, 0.4) is 0 Å². The fourth-order valence-corrected chi connectivity index (χ4v) is 1.67. The summed E-state index contributed by atoms with van der Waals surface area (Å²) in [6.45, 7) is 2.03. The Morgan fingerprint density at radius 1 is 1.61 bits per heavy atom. The Morgan fingerprint density at radius 3 is 2.78 bits per heavy atom. The molecule has 0 bridgehead atoms. The zero-order valence-electron chi connectivity index (χ0n) is 10.5. The number of halogens is 2. The molecule has 0 aromatic heterocycles. The van der Waals surface area contributed by atoms with Crippen molar-refractivity contribution in [3.05, 3.63) is 28.5 Å². The molecule has 4 nitrogen and oxygen atoms in total. The largest absolute Gasteiger partial charge is 0.468 e. The summed E-state index contributed by atoms with van der Waals surface area (Å²) in [6.07, 6.45) is 0. The molecule has 0 spiro atoms. The third kappa shape index (κ3) is 3.34. The van der Waals surface area contributed by atoms with Crippen LogP contribution < -0.4 is 5.73 Å². The molecular weight excluding hydrogens is 259 g/mol. The molecule has 1 aromatic rings. The van der Waals surface area contributed by atoms with Crippen LogP contribution in [-0.2, 0) is 16.1 Å². The second-order valence-corrected chi connectivity index (χ2v) is 4.49. The lowest BCUT2D eigenvalue weighted by Crippen LogP contribution is -2.36. The number of benzene rings is 1. The summed E-state index contributed by atoms with van der Waals surface area (Å²) < 4.78 is 18.0. The van der Waals surface area contributed by atoms with Gasteiger partial charge in [0, 0.05) is 12.2 Å². The number of rotatable bonds is 4. The van der Waals surface area contributed by atoms with Crippen LogP contribution in [0, 0.1) is 5.82 Å². The number of nitrogens with zero attached hydrogens (tertiary/aromatic N) is 1. The van der Waals surface area contributed by atoms with E-state index in [9.17, 15) is 9.18 Å². The van der Waals surface area contributed by atoms with Crippen molar-refractivity contribution < 1.29 is 13.9 Å². The summed E-state index contributed by atoms with van der Waals surface area (Å²) in [4.78, 5) is 13.1. The normalized spacial score (nSPS) is 12.6. The van der Waals surface area contributed by atoms with Gasteiger partial charge in [-0.15, -0.1) is 0 Å². The molecule has 0 heterocycles. The van der Waals surface area contributed by atoms with Gasteiger partial charge in [0.1, 0.15) is 11.9 Å². The van der Waals surface area contributed by atoms with E-state index >= 15 is 0 Å². The van der Waals surface area contributed by atoms with Crippen LogP contribution in [0.1, 0.15) is 12.5 Å². The Labute approximate surface area is 110 Å². The van der Waals surface area contributed by atoms with Gasteiger partial charge in [0.2, 0.25) is 0 Å². The monoisotopic (exact) mass is 274 g/mol. The molecule has 2 N–H and O–H groups in total. The summed E-state index contributed by atoms with van der Waals surface area (Å²) in [5, 5.41) is -0.0140. The van der Waals surface area contributed by atoms with Crippen LogP contribution >= 0.6 is 11.6 Å². The first-order chi connectivity index (χ1) is 8.36. The van der Waals surface area contributed by atoms with Gasteiger partial charge >= 0.3 is 5.97 Å². The van der Waals surface area contributed by atoms with Gasteiger partial charge in [-0.25, -0.2) is 4.39 Å². The summed E-state index contributed by atoms with van der Waals surface area (Å²) in [6, 6.07) is 2.20. The number of hydrogen-bond acceptors (Lipinski definition) is 4. The van der Waals surface area contributed by atoms with E-state index in [2.05, 4.69) is 4.74 Å². The summed E-state index contributed by atoms with van der Waals surface area (Å²) in [5.74, 6) is -0.884. The zero-order chi connectivity index (χ0) is 13.9. The van der Waals surface area contributed by atoms with E-state index in [0.29, 0.717) is 17.8 Å². The van der Waals surface area contributed by atoms with E-state index in [1.165, 1.54) is 19.2 Å². The number of esters is 1. The Kier molecular flexibility index (Phi) is 4.93. The molecule has 0 unspecified atom stereocenters. The highest BCUT2D eigenvalue weighted by molar-refractivity contribution is 6.31. The predicted molar refractivity (Wildman–Crippen MR) is 68.8 cm³/mol. The van der Waals surface area contributed by atoms with Gasteiger partial charge in [0.15, 0.2) is 0 Å². The third-order valence-corrected chi connectivity index (χ3v) is 3.09. The molecule has 0 fully saturated rings. The lowest BCUT2D eigenvalue weighted by atomic mass is 10.1. The van der Waals surface area contributed by atoms with E-state index in [4.69, 9.17) is 17.3 Å². The Balaban J connectivity index is 2.85. The molecule has 1 aromatic carbocycles. The highest BCUT2D eigenvalue weighted by atomic mass is 35.5. The molecule has 6 heteroatoms. The Morgan fingerprint density at radius 2 is 2.22 bits per heavy atom. The first-order valence-electron chi connectivity index (χ1n) is 5.38. The summed E-state index contributed by atoms with van der Waals surface area (Å²) >= 11 is 5.62. The van der Waals surface area contributed by atoms with Crippen molar-refractivity contribution in [1.29, 1.82) is 0 Å². The van der Waals surface area contributed by atoms with Crippen molar-refractivity contribution in [2.24, 2.45) is 0 Å². The minimum Gasteiger partial charge on any atom is -0.468 e. The molecule has 0 amide bonds. The molecule has 1 atom stereocenters. The standard InChI is InChI=1S/C12H16ClFN2O2/c1-7(12(17)18-3)16(2)6-8-4-10(14)9(13)5-11(8)15/h4-5,7H,6,15H2,1-3H3/t7-/m0/s1. The fraction of sp³-hybridized carbons (Fsp3) is 0.417. The van der Waals surface area contributed by atoms with Gasteiger partial charge in [0.25, 0.3) is 0 Å². The number of carbonyl (C=O) groups excluding carboxylic acids is 1. The molecule has 0 aliphatic heterocycles. The van der Waals surface area contributed by atoms with Crippen LogP contribution in [0.2, 0.25) is 5.02 Å². The zero-order valence-corrected chi connectivity index (χ0v) is 11.3. The molecule has 0 saturated carbocycles. The van der Waals surface area contributed by atoms with Crippen molar-refractivity contribution in [2.75, 3.05) is 19.9 Å². The van der Waals surface area contributed by atoms with Crippen LogP contribution in [-0.4, -0.2) is 31.1 Å². The van der Waals surface area contributed by atoms with Crippen LogP contribution in [0.15, 0.2) is 12.1 Å². The molecule has 18 heavy (non-hydrogen) atoms. The molecule has 1 rings (SSSR count). The fourth-order valence-electron chi connectivity index (χ4n) is 1.50. The first-order valence-corrected chi connectivity index (χ1v) is 5.76. The Hall–Kier alpha value is -1.33. The SMILES string of the molecule is COC(=O)[C@H](C)N(C)Cc1cc(F)c(Cl)cc1N. The maximum Gasteiger partial charge on any atom is 0.322 e.